The highest BCUT2D eigenvalue weighted by atomic mass is 79.9. The average molecular weight is 326 g/mol. The highest BCUT2D eigenvalue weighted by Crippen LogP contribution is 2.26. The Morgan fingerprint density at radius 1 is 1.37 bits per heavy atom. The van der Waals surface area contributed by atoms with E-state index in [9.17, 15) is 4.79 Å². The first-order valence-electron chi connectivity index (χ1n) is 5.66. The van der Waals surface area contributed by atoms with Crippen molar-refractivity contribution in [1.29, 1.82) is 0 Å². The largest absolute Gasteiger partial charge is 0.481 e. The first-order chi connectivity index (χ1) is 9.16. The van der Waals surface area contributed by atoms with Crippen LogP contribution >= 0.6 is 15.9 Å². The summed E-state index contributed by atoms with van der Waals surface area (Å²) in [6, 6.07) is 7.55. The van der Waals surface area contributed by atoms with Crippen LogP contribution in [0.4, 0.5) is 0 Å². The Labute approximate surface area is 118 Å². The van der Waals surface area contributed by atoms with Crippen molar-refractivity contribution < 1.29 is 14.3 Å². The van der Waals surface area contributed by atoms with E-state index in [2.05, 4.69) is 31.4 Å². The Morgan fingerprint density at radius 2 is 2.16 bits per heavy atom. The molecule has 2 aromatic rings. The molecule has 0 saturated heterocycles. The Balaban J connectivity index is 1.96. The lowest BCUT2D eigenvalue weighted by Crippen LogP contribution is -2.17. The van der Waals surface area contributed by atoms with Gasteiger partial charge in [-0.15, -0.1) is 10.2 Å². The zero-order chi connectivity index (χ0) is 13.7. The predicted octanol–water partition coefficient (Wildman–Crippen LogP) is 2.06. The number of nitrogens with zero attached hydrogens (tertiary/aromatic N) is 2. The van der Waals surface area contributed by atoms with Crippen molar-refractivity contribution in [3.63, 3.8) is 0 Å². The summed E-state index contributed by atoms with van der Waals surface area (Å²) in [5.74, 6) is 0.0191. The maximum absolute atomic E-state index is 10.3. The first kappa shape index (κ1) is 13.7. The van der Waals surface area contributed by atoms with Gasteiger partial charge < -0.3 is 14.8 Å². The zero-order valence-corrected chi connectivity index (χ0v) is 11.6. The van der Waals surface area contributed by atoms with Gasteiger partial charge in [-0.05, 0) is 28.1 Å². The fourth-order valence-corrected chi connectivity index (χ4v) is 1.91. The molecule has 1 heterocycles. The van der Waals surface area contributed by atoms with Gasteiger partial charge in [-0.25, -0.2) is 0 Å². The lowest BCUT2D eigenvalue weighted by molar-refractivity contribution is -0.136. The van der Waals surface area contributed by atoms with Crippen LogP contribution in [0.1, 0.15) is 12.3 Å². The lowest BCUT2D eigenvalue weighted by Gasteiger charge is -1.99. The van der Waals surface area contributed by atoms with Gasteiger partial charge in [-0.2, -0.15) is 0 Å². The molecule has 0 bridgehead atoms. The number of aliphatic carboxylic acids is 1. The molecular weight excluding hydrogens is 314 g/mol. The fourth-order valence-electron chi connectivity index (χ4n) is 1.46. The molecule has 0 unspecified atom stereocenters. The molecule has 6 nitrogen and oxygen atoms in total. The van der Waals surface area contributed by atoms with Crippen molar-refractivity contribution in [3.05, 3.63) is 34.6 Å². The third kappa shape index (κ3) is 3.87. The van der Waals surface area contributed by atoms with Crippen LogP contribution in [-0.2, 0) is 11.3 Å². The molecular formula is C12H12BrN3O3. The molecule has 2 rings (SSSR count). The van der Waals surface area contributed by atoms with Crippen LogP contribution in [0.3, 0.4) is 0 Å². The Kier molecular flexibility index (Phi) is 4.64. The second-order valence-corrected chi connectivity index (χ2v) is 4.66. The second kappa shape index (κ2) is 6.44. The van der Waals surface area contributed by atoms with Crippen LogP contribution < -0.4 is 5.32 Å². The summed E-state index contributed by atoms with van der Waals surface area (Å²) in [6.45, 7) is 0.715. The lowest BCUT2D eigenvalue weighted by atomic mass is 10.2. The molecule has 1 aromatic heterocycles. The van der Waals surface area contributed by atoms with E-state index in [1.165, 1.54) is 0 Å². The van der Waals surface area contributed by atoms with Gasteiger partial charge in [0.2, 0.25) is 11.8 Å². The van der Waals surface area contributed by atoms with E-state index in [0.29, 0.717) is 24.9 Å². The third-order valence-corrected chi connectivity index (χ3v) is 3.05. The molecule has 0 radical (unpaired) electrons. The molecule has 0 atom stereocenters. The van der Waals surface area contributed by atoms with E-state index in [1.54, 1.807) is 0 Å². The topological polar surface area (TPSA) is 88.2 Å². The monoisotopic (exact) mass is 325 g/mol. The molecule has 0 saturated carbocycles. The number of hydrogen-bond acceptors (Lipinski definition) is 5. The van der Waals surface area contributed by atoms with Crippen LogP contribution in [0.5, 0.6) is 0 Å². The van der Waals surface area contributed by atoms with Crippen LogP contribution in [0.2, 0.25) is 0 Å². The summed E-state index contributed by atoms with van der Waals surface area (Å²) < 4.78 is 6.37. The summed E-state index contributed by atoms with van der Waals surface area (Å²) in [5.41, 5.74) is 0.826. The quantitative estimate of drug-likeness (QED) is 0.790. The number of hydrogen-bond donors (Lipinski definition) is 2. The van der Waals surface area contributed by atoms with E-state index < -0.39 is 5.97 Å². The normalized spacial score (nSPS) is 10.6. The standard InChI is InChI=1S/C12H12BrN3O3/c13-9-4-2-1-3-8(9)12-16-15-10(19-12)7-14-6-5-11(17)18/h1-4,14H,5-7H2,(H,17,18). The SMILES string of the molecule is O=C(O)CCNCc1nnc(-c2ccccc2Br)o1. The minimum atomic E-state index is -0.841. The molecule has 0 aliphatic rings. The summed E-state index contributed by atoms with van der Waals surface area (Å²) in [7, 11) is 0. The summed E-state index contributed by atoms with van der Waals surface area (Å²) >= 11 is 3.41. The molecule has 0 amide bonds. The van der Waals surface area contributed by atoms with Crippen LogP contribution in [0.15, 0.2) is 33.2 Å². The number of carboxylic acids is 1. The maximum Gasteiger partial charge on any atom is 0.304 e. The predicted molar refractivity (Wildman–Crippen MR) is 71.4 cm³/mol. The van der Waals surface area contributed by atoms with Gasteiger partial charge in [-0.1, -0.05) is 12.1 Å². The van der Waals surface area contributed by atoms with Crippen LogP contribution in [0, 0.1) is 0 Å². The van der Waals surface area contributed by atoms with Crippen molar-refractivity contribution >= 4 is 21.9 Å². The van der Waals surface area contributed by atoms with Gasteiger partial charge in [0.15, 0.2) is 0 Å². The van der Waals surface area contributed by atoms with Gasteiger partial charge in [0.05, 0.1) is 18.5 Å². The number of aromatic nitrogens is 2. The molecule has 100 valence electrons. The second-order valence-electron chi connectivity index (χ2n) is 3.80. The number of nitrogens with one attached hydrogen (secondary N) is 1. The first-order valence-corrected chi connectivity index (χ1v) is 6.46. The number of carboxylic acid groups (broad SMARTS) is 1. The van der Waals surface area contributed by atoms with Gasteiger partial charge in [0.25, 0.3) is 0 Å². The number of benzene rings is 1. The van der Waals surface area contributed by atoms with Crippen molar-refractivity contribution in [3.8, 4) is 11.5 Å². The molecule has 0 aliphatic carbocycles. The van der Waals surface area contributed by atoms with E-state index in [0.717, 1.165) is 10.0 Å². The number of carbonyl (C=O) groups is 1. The van der Waals surface area contributed by atoms with E-state index in [1.807, 2.05) is 24.3 Å². The smallest absolute Gasteiger partial charge is 0.304 e. The van der Waals surface area contributed by atoms with Crippen molar-refractivity contribution in [2.75, 3.05) is 6.54 Å². The maximum atomic E-state index is 10.3. The average Bonchev–Trinajstić information content (AvgIpc) is 2.83. The minimum absolute atomic E-state index is 0.0607. The van der Waals surface area contributed by atoms with Crippen molar-refractivity contribution in [2.45, 2.75) is 13.0 Å². The summed E-state index contributed by atoms with van der Waals surface area (Å²) in [6.07, 6.45) is 0.0607. The Hall–Kier alpha value is -1.73. The van der Waals surface area contributed by atoms with Crippen LogP contribution in [0.25, 0.3) is 11.5 Å². The Bertz CT molecular complexity index is 571. The number of halogens is 1. The van der Waals surface area contributed by atoms with E-state index >= 15 is 0 Å². The summed E-state index contributed by atoms with van der Waals surface area (Å²) in [4.78, 5) is 10.3. The molecule has 7 heteroatoms. The van der Waals surface area contributed by atoms with Gasteiger partial charge in [0, 0.05) is 11.0 Å². The molecule has 2 N–H and O–H groups in total. The zero-order valence-electron chi connectivity index (χ0n) is 9.97. The summed E-state index contributed by atoms with van der Waals surface area (Å²) in [5, 5.41) is 19.3. The van der Waals surface area contributed by atoms with Crippen molar-refractivity contribution in [1.82, 2.24) is 15.5 Å². The van der Waals surface area contributed by atoms with E-state index in [4.69, 9.17) is 9.52 Å². The van der Waals surface area contributed by atoms with Gasteiger partial charge in [0.1, 0.15) is 0 Å². The molecule has 0 aliphatic heterocycles. The molecule has 1 aromatic carbocycles. The van der Waals surface area contributed by atoms with E-state index in [-0.39, 0.29) is 6.42 Å². The molecule has 0 fully saturated rings. The molecule has 0 spiro atoms. The highest BCUT2D eigenvalue weighted by molar-refractivity contribution is 9.10. The van der Waals surface area contributed by atoms with Gasteiger partial charge >= 0.3 is 5.97 Å². The fraction of sp³-hybridized carbons (Fsp3) is 0.250. The minimum Gasteiger partial charge on any atom is -0.481 e. The van der Waals surface area contributed by atoms with Crippen LogP contribution in [-0.4, -0.2) is 27.8 Å². The highest BCUT2D eigenvalue weighted by Gasteiger charge is 2.10. The van der Waals surface area contributed by atoms with Gasteiger partial charge in [-0.3, -0.25) is 4.79 Å². The number of rotatable bonds is 6. The third-order valence-electron chi connectivity index (χ3n) is 2.36. The Morgan fingerprint density at radius 3 is 2.89 bits per heavy atom. The molecule has 19 heavy (non-hydrogen) atoms. The van der Waals surface area contributed by atoms with Crippen molar-refractivity contribution in [2.24, 2.45) is 0 Å².